The van der Waals surface area contributed by atoms with E-state index in [0.29, 0.717) is 22.1 Å². The zero-order chi connectivity index (χ0) is 15.0. The summed E-state index contributed by atoms with van der Waals surface area (Å²) < 4.78 is 2.71. The number of alkyl halides is 1. The zero-order valence-corrected chi connectivity index (χ0v) is 13.7. The maximum absolute atomic E-state index is 9.35. The summed E-state index contributed by atoms with van der Waals surface area (Å²) in [4.78, 5) is 4.50. The number of nitrogens with zero attached hydrogens (tertiary/aromatic N) is 3. The fourth-order valence-corrected chi connectivity index (χ4v) is 3.05. The second-order valence-corrected chi connectivity index (χ2v) is 5.97. The normalized spacial score (nSPS) is 10.8. The summed E-state index contributed by atoms with van der Waals surface area (Å²) in [5.41, 5.74) is 2.74. The molecule has 1 heterocycles. The summed E-state index contributed by atoms with van der Waals surface area (Å²) in [6.45, 7) is 0. The van der Waals surface area contributed by atoms with Gasteiger partial charge < -0.3 is 0 Å². The van der Waals surface area contributed by atoms with Crippen molar-refractivity contribution in [3.63, 3.8) is 0 Å². The minimum absolute atomic E-state index is 0.225. The van der Waals surface area contributed by atoms with Crippen LogP contribution in [-0.4, -0.2) is 9.55 Å². The molecule has 0 N–H and O–H groups in total. The minimum Gasteiger partial charge on any atom is -0.292 e. The standard InChI is InChI=1S/C15H8BrCl2N3/c16-10-5-4-9(8-19)13(6-10)21-14(7-17)20-12-3-1-2-11(18)15(12)21/h1-6H,7H2. The first kappa shape index (κ1) is 14.4. The Morgan fingerprint density at radius 1 is 1.29 bits per heavy atom. The number of imidazole rings is 1. The van der Waals surface area contributed by atoms with E-state index in [9.17, 15) is 5.26 Å². The van der Waals surface area contributed by atoms with Crippen LogP contribution in [0.1, 0.15) is 11.4 Å². The highest BCUT2D eigenvalue weighted by Gasteiger charge is 2.17. The van der Waals surface area contributed by atoms with E-state index in [-0.39, 0.29) is 5.88 Å². The van der Waals surface area contributed by atoms with Crippen molar-refractivity contribution in [2.24, 2.45) is 0 Å². The predicted molar refractivity (Wildman–Crippen MR) is 88.1 cm³/mol. The molecule has 0 saturated heterocycles. The first-order chi connectivity index (χ1) is 10.2. The van der Waals surface area contributed by atoms with Crippen LogP contribution in [0.15, 0.2) is 40.9 Å². The van der Waals surface area contributed by atoms with Crippen LogP contribution in [0.3, 0.4) is 0 Å². The number of hydrogen-bond acceptors (Lipinski definition) is 2. The van der Waals surface area contributed by atoms with Gasteiger partial charge in [0.2, 0.25) is 0 Å². The zero-order valence-electron chi connectivity index (χ0n) is 10.6. The van der Waals surface area contributed by atoms with Crippen molar-refractivity contribution in [3.8, 4) is 11.8 Å². The molecular weight excluding hydrogens is 373 g/mol. The molecule has 0 spiro atoms. The van der Waals surface area contributed by atoms with Gasteiger partial charge in [-0.15, -0.1) is 11.6 Å². The molecule has 104 valence electrons. The fourth-order valence-electron chi connectivity index (χ4n) is 2.27. The first-order valence-corrected chi connectivity index (χ1v) is 7.78. The van der Waals surface area contributed by atoms with Crippen molar-refractivity contribution in [1.82, 2.24) is 9.55 Å². The molecule has 0 unspecified atom stereocenters. The van der Waals surface area contributed by atoms with Crippen molar-refractivity contribution >= 4 is 50.2 Å². The van der Waals surface area contributed by atoms with E-state index < -0.39 is 0 Å². The molecule has 0 aliphatic heterocycles. The SMILES string of the molecule is N#Cc1ccc(Br)cc1-n1c(CCl)nc2cccc(Cl)c21. The number of hydrogen-bond donors (Lipinski definition) is 0. The lowest BCUT2D eigenvalue weighted by molar-refractivity contribution is 0.977. The summed E-state index contributed by atoms with van der Waals surface area (Å²) in [5.74, 6) is 0.872. The van der Waals surface area contributed by atoms with Crippen molar-refractivity contribution in [2.45, 2.75) is 5.88 Å². The second-order valence-electron chi connectivity index (χ2n) is 4.38. The summed E-state index contributed by atoms with van der Waals surface area (Å²) >= 11 is 15.8. The molecule has 0 saturated carbocycles. The van der Waals surface area contributed by atoms with Gasteiger partial charge in [0.25, 0.3) is 0 Å². The van der Waals surface area contributed by atoms with Gasteiger partial charge in [-0.2, -0.15) is 5.26 Å². The monoisotopic (exact) mass is 379 g/mol. The average Bonchev–Trinajstić information content (AvgIpc) is 2.87. The fraction of sp³-hybridized carbons (Fsp3) is 0.0667. The Balaban J connectivity index is 2.45. The van der Waals surface area contributed by atoms with E-state index >= 15 is 0 Å². The molecule has 0 fully saturated rings. The van der Waals surface area contributed by atoms with Crippen LogP contribution in [0.2, 0.25) is 5.02 Å². The topological polar surface area (TPSA) is 41.6 Å². The number of rotatable bonds is 2. The van der Waals surface area contributed by atoms with Crippen LogP contribution in [0.4, 0.5) is 0 Å². The quantitative estimate of drug-likeness (QED) is 0.583. The predicted octanol–water partition coefficient (Wildman–Crippen LogP) is 5.05. The van der Waals surface area contributed by atoms with Crippen molar-refractivity contribution in [3.05, 3.63) is 57.3 Å². The van der Waals surface area contributed by atoms with Gasteiger partial charge in [-0.1, -0.05) is 33.6 Å². The Labute approximate surface area is 139 Å². The van der Waals surface area contributed by atoms with Gasteiger partial charge in [0, 0.05) is 4.47 Å². The molecule has 21 heavy (non-hydrogen) atoms. The molecule has 0 amide bonds. The van der Waals surface area contributed by atoms with Crippen molar-refractivity contribution in [1.29, 1.82) is 5.26 Å². The molecule has 0 radical (unpaired) electrons. The molecule has 0 aliphatic carbocycles. The smallest absolute Gasteiger partial charge is 0.129 e. The van der Waals surface area contributed by atoms with Crippen LogP contribution in [0, 0.1) is 11.3 Å². The van der Waals surface area contributed by atoms with E-state index in [1.54, 1.807) is 12.1 Å². The van der Waals surface area contributed by atoms with Crippen molar-refractivity contribution < 1.29 is 0 Å². The van der Waals surface area contributed by atoms with E-state index in [0.717, 1.165) is 15.5 Å². The van der Waals surface area contributed by atoms with Crippen LogP contribution in [0.5, 0.6) is 0 Å². The number of para-hydroxylation sites is 1. The first-order valence-electron chi connectivity index (χ1n) is 6.07. The molecule has 6 heteroatoms. The molecule has 2 aromatic carbocycles. The van der Waals surface area contributed by atoms with Crippen LogP contribution < -0.4 is 0 Å². The molecule has 0 atom stereocenters. The lowest BCUT2D eigenvalue weighted by Gasteiger charge is -2.11. The molecule has 3 aromatic rings. The third-order valence-corrected chi connectivity index (χ3v) is 4.17. The number of nitriles is 1. The Morgan fingerprint density at radius 2 is 2.10 bits per heavy atom. The summed E-state index contributed by atoms with van der Waals surface area (Å²) in [6, 6.07) is 13.1. The van der Waals surface area contributed by atoms with Crippen molar-refractivity contribution in [2.75, 3.05) is 0 Å². The van der Waals surface area contributed by atoms with E-state index in [4.69, 9.17) is 23.2 Å². The average molecular weight is 381 g/mol. The number of benzene rings is 2. The summed E-state index contributed by atoms with van der Waals surface area (Å²) in [6.07, 6.45) is 0. The van der Waals surface area contributed by atoms with Crippen LogP contribution in [0.25, 0.3) is 16.7 Å². The van der Waals surface area contributed by atoms with Gasteiger partial charge in [-0.25, -0.2) is 4.98 Å². The van der Waals surface area contributed by atoms with E-state index in [2.05, 4.69) is 27.0 Å². The highest BCUT2D eigenvalue weighted by atomic mass is 79.9. The van der Waals surface area contributed by atoms with Gasteiger partial charge in [-0.05, 0) is 30.3 Å². The Bertz CT molecular complexity index is 880. The number of aromatic nitrogens is 2. The van der Waals surface area contributed by atoms with Gasteiger partial charge >= 0.3 is 0 Å². The van der Waals surface area contributed by atoms with E-state index in [1.807, 2.05) is 28.8 Å². The molecule has 0 aliphatic rings. The summed E-state index contributed by atoms with van der Waals surface area (Å²) in [7, 11) is 0. The molecule has 1 aromatic heterocycles. The Hall–Kier alpha value is -1.54. The number of fused-ring (bicyclic) bond motifs is 1. The Morgan fingerprint density at radius 3 is 2.81 bits per heavy atom. The highest BCUT2D eigenvalue weighted by Crippen LogP contribution is 2.31. The van der Waals surface area contributed by atoms with Gasteiger partial charge in [-0.3, -0.25) is 4.57 Å². The van der Waals surface area contributed by atoms with Gasteiger partial charge in [0.05, 0.1) is 33.2 Å². The molecule has 3 nitrogen and oxygen atoms in total. The van der Waals surface area contributed by atoms with Gasteiger partial charge in [0.15, 0.2) is 0 Å². The largest absolute Gasteiger partial charge is 0.292 e. The van der Waals surface area contributed by atoms with E-state index in [1.165, 1.54) is 0 Å². The number of halogens is 3. The third kappa shape index (κ3) is 2.42. The highest BCUT2D eigenvalue weighted by molar-refractivity contribution is 9.10. The molecule has 3 rings (SSSR count). The lowest BCUT2D eigenvalue weighted by Crippen LogP contribution is -2.02. The second kappa shape index (κ2) is 5.69. The summed E-state index contributed by atoms with van der Waals surface area (Å²) in [5, 5.41) is 9.92. The molecular formula is C15H8BrCl2N3. The lowest BCUT2D eigenvalue weighted by atomic mass is 10.2. The van der Waals surface area contributed by atoms with Gasteiger partial charge in [0.1, 0.15) is 11.9 Å². The Kier molecular flexibility index (Phi) is 3.90. The maximum Gasteiger partial charge on any atom is 0.129 e. The minimum atomic E-state index is 0.225. The van der Waals surface area contributed by atoms with Crippen LogP contribution >= 0.6 is 39.1 Å². The molecule has 0 bridgehead atoms. The van der Waals surface area contributed by atoms with Crippen LogP contribution in [-0.2, 0) is 5.88 Å². The maximum atomic E-state index is 9.35. The third-order valence-electron chi connectivity index (χ3n) is 3.14.